The van der Waals surface area contributed by atoms with E-state index in [2.05, 4.69) is 20.0 Å². The lowest BCUT2D eigenvalue weighted by Gasteiger charge is -2.04. The Bertz CT molecular complexity index is 572. The zero-order valence-corrected chi connectivity index (χ0v) is 10.1. The Morgan fingerprint density at radius 3 is 2.94 bits per heavy atom. The maximum atomic E-state index is 11.7. The van der Waals surface area contributed by atoms with Crippen molar-refractivity contribution in [3.63, 3.8) is 0 Å². The molecule has 2 aromatic heterocycles. The number of H-pyrrole nitrogens is 1. The van der Waals surface area contributed by atoms with E-state index in [1.54, 1.807) is 10.9 Å². The Hall–Kier alpha value is -1.67. The molecule has 2 heterocycles. The molecule has 0 aliphatic heterocycles. The first-order valence-corrected chi connectivity index (χ1v) is 6.53. The van der Waals surface area contributed by atoms with Crippen LogP contribution in [0.3, 0.4) is 0 Å². The maximum absolute atomic E-state index is 11.7. The van der Waals surface area contributed by atoms with Crippen molar-refractivity contribution in [1.29, 1.82) is 0 Å². The fourth-order valence-corrected chi connectivity index (χ4v) is 2.37. The minimum atomic E-state index is -3.46. The molecule has 8 heteroatoms. The second-order valence-electron chi connectivity index (χ2n) is 3.53. The molecule has 0 aromatic carbocycles. The van der Waals surface area contributed by atoms with E-state index in [-0.39, 0.29) is 4.90 Å². The molecule has 92 valence electrons. The third-order valence-corrected chi connectivity index (χ3v) is 3.81. The fraction of sp³-hybridized carbons (Fsp3) is 0.333. The Kier molecular flexibility index (Phi) is 3.25. The largest absolute Gasteiger partial charge is 0.284 e. The molecular weight excluding hydrogens is 242 g/mol. The summed E-state index contributed by atoms with van der Waals surface area (Å²) in [6.07, 6.45) is 4.88. The number of sulfonamides is 1. The molecule has 17 heavy (non-hydrogen) atoms. The van der Waals surface area contributed by atoms with Crippen LogP contribution >= 0.6 is 0 Å². The molecule has 0 unspecified atom stereocenters. The summed E-state index contributed by atoms with van der Waals surface area (Å²) in [4.78, 5) is 0.141. The molecule has 7 nitrogen and oxygen atoms in total. The number of nitrogens with one attached hydrogen (secondary N) is 2. The van der Waals surface area contributed by atoms with Crippen LogP contribution in [0.4, 0.5) is 0 Å². The van der Waals surface area contributed by atoms with E-state index < -0.39 is 10.0 Å². The molecule has 0 bridgehead atoms. The molecule has 0 radical (unpaired) electrons. The minimum Gasteiger partial charge on any atom is -0.284 e. The minimum absolute atomic E-state index is 0.141. The summed E-state index contributed by atoms with van der Waals surface area (Å²) in [6, 6.07) is 1.85. The van der Waals surface area contributed by atoms with Gasteiger partial charge in [-0.15, -0.1) is 0 Å². The van der Waals surface area contributed by atoms with E-state index in [1.807, 2.05) is 13.1 Å². The van der Waals surface area contributed by atoms with Gasteiger partial charge in [0.1, 0.15) is 4.90 Å². The maximum Gasteiger partial charge on any atom is 0.243 e. The van der Waals surface area contributed by atoms with Crippen molar-refractivity contribution in [1.82, 2.24) is 24.7 Å². The summed E-state index contributed by atoms with van der Waals surface area (Å²) < 4.78 is 27.6. The molecular formula is C9H13N5O2S. The van der Waals surface area contributed by atoms with Crippen molar-refractivity contribution in [3.05, 3.63) is 30.4 Å². The summed E-state index contributed by atoms with van der Waals surface area (Å²) in [6.45, 7) is 0.326. The highest BCUT2D eigenvalue weighted by molar-refractivity contribution is 7.89. The van der Waals surface area contributed by atoms with Gasteiger partial charge in [-0.2, -0.15) is 10.2 Å². The first kappa shape index (κ1) is 11.8. The van der Waals surface area contributed by atoms with Crippen molar-refractivity contribution >= 4 is 10.0 Å². The van der Waals surface area contributed by atoms with Gasteiger partial charge in [0.25, 0.3) is 0 Å². The van der Waals surface area contributed by atoms with Gasteiger partial charge >= 0.3 is 0 Å². The van der Waals surface area contributed by atoms with Crippen molar-refractivity contribution in [2.45, 2.75) is 11.3 Å². The van der Waals surface area contributed by atoms with Crippen LogP contribution in [-0.4, -0.2) is 34.9 Å². The smallest absolute Gasteiger partial charge is 0.243 e. The zero-order valence-electron chi connectivity index (χ0n) is 9.29. The number of aromatic nitrogens is 4. The van der Waals surface area contributed by atoms with Gasteiger partial charge in [-0.25, -0.2) is 13.1 Å². The molecule has 0 aliphatic rings. The summed E-state index contributed by atoms with van der Waals surface area (Å²) in [5.74, 6) is 0. The van der Waals surface area contributed by atoms with E-state index in [9.17, 15) is 8.42 Å². The lowest BCUT2D eigenvalue weighted by Crippen LogP contribution is -2.26. The van der Waals surface area contributed by atoms with Crippen LogP contribution in [0.2, 0.25) is 0 Å². The van der Waals surface area contributed by atoms with Gasteiger partial charge in [-0.05, 0) is 6.07 Å². The molecule has 0 amide bonds. The van der Waals surface area contributed by atoms with Gasteiger partial charge in [0.2, 0.25) is 10.0 Å². The molecule has 2 rings (SSSR count). The van der Waals surface area contributed by atoms with Gasteiger partial charge in [-0.3, -0.25) is 9.78 Å². The highest BCUT2D eigenvalue weighted by atomic mass is 32.2. The number of hydrogen-bond acceptors (Lipinski definition) is 4. The molecule has 0 atom stereocenters. The molecule has 0 saturated heterocycles. The fourth-order valence-electron chi connectivity index (χ4n) is 1.43. The molecule has 0 saturated carbocycles. The summed E-state index contributed by atoms with van der Waals surface area (Å²) >= 11 is 0. The number of rotatable bonds is 5. The molecule has 2 aromatic rings. The summed E-state index contributed by atoms with van der Waals surface area (Å²) in [5, 5.41) is 10.1. The van der Waals surface area contributed by atoms with Gasteiger partial charge in [0.05, 0.1) is 6.20 Å². The first-order chi connectivity index (χ1) is 8.09. The number of nitrogens with zero attached hydrogens (tertiary/aromatic N) is 3. The van der Waals surface area contributed by atoms with Crippen LogP contribution in [0.1, 0.15) is 5.69 Å². The topological polar surface area (TPSA) is 92.7 Å². The van der Waals surface area contributed by atoms with Crippen LogP contribution < -0.4 is 4.72 Å². The second kappa shape index (κ2) is 4.68. The van der Waals surface area contributed by atoms with Crippen LogP contribution in [0.15, 0.2) is 29.6 Å². The molecule has 2 N–H and O–H groups in total. The van der Waals surface area contributed by atoms with E-state index in [0.29, 0.717) is 13.0 Å². The zero-order chi connectivity index (χ0) is 12.3. The number of aryl methyl sites for hydroxylation is 1. The van der Waals surface area contributed by atoms with E-state index in [0.717, 1.165) is 5.69 Å². The average molecular weight is 255 g/mol. The van der Waals surface area contributed by atoms with Crippen molar-refractivity contribution in [2.24, 2.45) is 7.05 Å². The van der Waals surface area contributed by atoms with Crippen molar-refractivity contribution in [3.8, 4) is 0 Å². The van der Waals surface area contributed by atoms with Crippen LogP contribution in [0.5, 0.6) is 0 Å². The molecule has 0 aliphatic carbocycles. The van der Waals surface area contributed by atoms with Gasteiger partial charge in [0, 0.05) is 38.1 Å². The van der Waals surface area contributed by atoms with E-state index in [4.69, 9.17) is 0 Å². The number of aromatic amines is 1. The van der Waals surface area contributed by atoms with E-state index >= 15 is 0 Å². The second-order valence-corrected chi connectivity index (χ2v) is 5.29. The van der Waals surface area contributed by atoms with Gasteiger partial charge in [0.15, 0.2) is 0 Å². The Morgan fingerprint density at radius 1 is 1.53 bits per heavy atom. The van der Waals surface area contributed by atoms with Crippen molar-refractivity contribution in [2.75, 3.05) is 6.54 Å². The predicted octanol–water partition coefficient (Wildman–Crippen LogP) is -0.336. The number of hydrogen-bond donors (Lipinski definition) is 2. The quantitative estimate of drug-likeness (QED) is 0.764. The monoisotopic (exact) mass is 255 g/mol. The Morgan fingerprint density at radius 2 is 2.35 bits per heavy atom. The predicted molar refractivity (Wildman–Crippen MR) is 60.7 cm³/mol. The molecule has 0 spiro atoms. The lowest BCUT2D eigenvalue weighted by molar-refractivity contribution is 0.580. The third-order valence-electron chi connectivity index (χ3n) is 2.38. The van der Waals surface area contributed by atoms with Crippen LogP contribution in [-0.2, 0) is 23.5 Å². The Labute approximate surface area is 98.9 Å². The van der Waals surface area contributed by atoms with Crippen LogP contribution in [0, 0.1) is 0 Å². The standard InChI is InChI=1S/C9H13N5O2S/c1-14-8(2-4-12-14)3-5-13-17(15,16)9-6-10-11-7-9/h2,4,6-7,13H,3,5H2,1H3,(H,10,11). The molecule has 0 fully saturated rings. The highest BCUT2D eigenvalue weighted by Gasteiger charge is 2.14. The Balaban J connectivity index is 1.93. The first-order valence-electron chi connectivity index (χ1n) is 5.05. The summed E-state index contributed by atoms with van der Waals surface area (Å²) in [7, 11) is -1.64. The SMILES string of the molecule is Cn1nccc1CCNS(=O)(=O)c1cn[nH]c1. The average Bonchev–Trinajstić information content (AvgIpc) is 2.90. The van der Waals surface area contributed by atoms with Gasteiger partial charge in [-0.1, -0.05) is 0 Å². The van der Waals surface area contributed by atoms with Crippen molar-refractivity contribution < 1.29 is 8.42 Å². The third kappa shape index (κ3) is 2.71. The normalized spacial score (nSPS) is 11.8. The highest BCUT2D eigenvalue weighted by Crippen LogP contribution is 2.04. The van der Waals surface area contributed by atoms with E-state index in [1.165, 1.54) is 12.4 Å². The summed E-state index contributed by atoms with van der Waals surface area (Å²) in [5.41, 5.74) is 0.972. The van der Waals surface area contributed by atoms with Crippen LogP contribution in [0.25, 0.3) is 0 Å². The lowest BCUT2D eigenvalue weighted by atomic mass is 10.3. The van der Waals surface area contributed by atoms with Gasteiger partial charge < -0.3 is 0 Å².